The number of ether oxygens (including phenoxy) is 3. The normalized spacial score (nSPS) is 31.2. The summed E-state index contributed by atoms with van der Waals surface area (Å²) in [5, 5.41) is 60.7. The first kappa shape index (κ1) is 50.4. The van der Waals surface area contributed by atoms with Crippen molar-refractivity contribution in [2.75, 3.05) is 34.0 Å². The predicted molar refractivity (Wildman–Crippen MR) is 218 cm³/mol. The van der Waals surface area contributed by atoms with Gasteiger partial charge < -0.3 is 49.9 Å². The Labute approximate surface area is 334 Å². The second-order valence-electron chi connectivity index (χ2n) is 14.9. The lowest BCUT2D eigenvalue weighted by atomic mass is 9.79. The molecular formula is C43H70N2O11. The average Bonchev–Trinajstić information content (AvgIpc) is 3.16. The minimum absolute atomic E-state index is 0.0515. The van der Waals surface area contributed by atoms with Crippen LogP contribution in [0.3, 0.4) is 0 Å². The second kappa shape index (κ2) is 26.4. The van der Waals surface area contributed by atoms with Crippen LogP contribution in [0.5, 0.6) is 0 Å². The number of oxime groups is 1. The molecule has 6 N–H and O–H groups in total. The maximum absolute atomic E-state index is 13.8. The van der Waals surface area contributed by atoms with Crippen LogP contribution in [-0.2, 0) is 28.6 Å². The zero-order valence-electron chi connectivity index (χ0n) is 35.3. The SMILES string of the molecule is C/C=C/C(O)C(C)/C=C/C(=N\OCC(=O)NCCO)C(C)C(O)C(C)C1OC(=O)/C(OC)=C/C(C)=C/C(C)C(O)C(CC)C(O)C(C)C/C(C)=C/C=C/C1OC. The lowest BCUT2D eigenvalue weighted by Crippen LogP contribution is -2.45. The summed E-state index contributed by atoms with van der Waals surface area (Å²) in [5.74, 6) is -4.15. The minimum Gasteiger partial charge on any atom is -0.490 e. The van der Waals surface area contributed by atoms with Crippen molar-refractivity contribution in [3.63, 3.8) is 0 Å². The molecule has 1 aliphatic heterocycles. The highest BCUT2D eigenvalue weighted by Crippen LogP contribution is 2.30. The first-order valence-corrected chi connectivity index (χ1v) is 19.6. The Hall–Kier alpha value is -3.59. The van der Waals surface area contributed by atoms with Gasteiger partial charge in [0.2, 0.25) is 5.76 Å². The molecule has 1 heterocycles. The van der Waals surface area contributed by atoms with Gasteiger partial charge in [-0.25, -0.2) is 4.79 Å². The number of allylic oxidation sites excluding steroid dienone is 7. The Morgan fingerprint density at radius 2 is 1.79 bits per heavy atom. The van der Waals surface area contributed by atoms with Gasteiger partial charge in [-0.3, -0.25) is 4.79 Å². The molecule has 0 aromatic rings. The first-order chi connectivity index (χ1) is 26.5. The lowest BCUT2D eigenvalue weighted by molar-refractivity contribution is -0.161. The lowest BCUT2D eigenvalue weighted by Gasteiger charge is -2.34. The summed E-state index contributed by atoms with van der Waals surface area (Å²) in [5.41, 5.74) is 1.86. The standard InChI is InChI=1S/C43H70N2O11/c1-12-15-35(47)28(5)18-19-34(45-55-25-38(48)44-20-21-46)31(8)41(51)32(9)42-36(53-10)17-14-16-26(3)22-29(6)39(49)33(13-2)40(50)30(7)23-27(4)24-37(54-11)43(52)56-42/h12,14-19,23-24,28-33,35-36,39-42,46-47,49-51H,13,20-22,25H2,1-11H3,(H,44,48)/b15-12+,17-14+,19-18+,26-16+,27-23+,37-24-,45-34+. The van der Waals surface area contributed by atoms with Crippen molar-refractivity contribution in [1.29, 1.82) is 0 Å². The second-order valence-corrected chi connectivity index (χ2v) is 14.9. The number of nitrogens with zero attached hydrogens (tertiary/aromatic N) is 1. The third-order valence-corrected chi connectivity index (χ3v) is 10.3. The third kappa shape index (κ3) is 16.5. The summed E-state index contributed by atoms with van der Waals surface area (Å²) in [4.78, 5) is 31.3. The van der Waals surface area contributed by atoms with Crippen LogP contribution >= 0.6 is 0 Å². The smallest absolute Gasteiger partial charge is 0.373 e. The number of esters is 1. The number of amides is 1. The summed E-state index contributed by atoms with van der Waals surface area (Å²) < 4.78 is 17.5. The summed E-state index contributed by atoms with van der Waals surface area (Å²) in [7, 11) is 2.82. The van der Waals surface area contributed by atoms with Crippen molar-refractivity contribution in [1.82, 2.24) is 5.32 Å². The number of aliphatic hydroxyl groups is 5. The highest BCUT2D eigenvalue weighted by Gasteiger charge is 2.38. The van der Waals surface area contributed by atoms with Crippen molar-refractivity contribution >= 4 is 17.6 Å². The molecule has 12 atom stereocenters. The van der Waals surface area contributed by atoms with Crippen LogP contribution < -0.4 is 5.32 Å². The third-order valence-electron chi connectivity index (χ3n) is 10.3. The van der Waals surface area contributed by atoms with Crippen LogP contribution in [0.15, 0.2) is 76.7 Å². The molecule has 13 nitrogen and oxygen atoms in total. The van der Waals surface area contributed by atoms with E-state index in [4.69, 9.17) is 24.2 Å². The van der Waals surface area contributed by atoms with Gasteiger partial charge in [-0.1, -0.05) is 100 Å². The van der Waals surface area contributed by atoms with Crippen molar-refractivity contribution in [2.24, 2.45) is 40.7 Å². The molecule has 1 aliphatic rings. The van der Waals surface area contributed by atoms with E-state index < -0.39 is 66.9 Å². The van der Waals surface area contributed by atoms with E-state index in [9.17, 15) is 30.0 Å². The van der Waals surface area contributed by atoms with Gasteiger partial charge in [-0.05, 0) is 51.7 Å². The highest BCUT2D eigenvalue weighted by atomic mass is 16.6. The van der Waals surface area contributed by atoms with E-state index in [1.165, 1.54) is 20.3 Å². The molecule has 56 heavy (non-hydrogen) atoms. The van der Waals surface area contributed by atoms with Crippen LogP contribution in [0.4, 0.5) is 0 Å². The Balaban J connectivity index is 3.75. The summed E-state index contributed by atoms with van der Waals surface area (Å²) >= 11 is 0. The molecule has 0 aromatic heterocycles. The monoisotopic (exact) mass is 790 g/mol. The first-order valence-electron chi connectivity index (χ1n) is 19.6. The Bertz CT molecular complexity index is 1420. The molecule has 0 saturated carbocycles. The fourth-order valence-electron chi connectivity index (χ4n) is 6.71. The fourth-order valence-corrected chi connectivity index (χ4v) is 6.71. The molecule has 0 bridgehead atoms. The van der Waals surface area contributed by atoms with Gasteiger partial charge in [0, 0.05) is 43.2 Å². The molecule has 0 aliphatic carbocycles. The molecule has 1 amide bonds. The molecule has 0 fully saturated rings. The minimum atomic E-state index is -1.22. The highest BCUT2D eigenvalue weighted by molar-refractivity contribution is 5.96. The van der Waals surface area contributed by atoms with Gasteiger partial charge in [-0.2, -0.15) is 0 Å². The number of nitrogens with one attached hydrogen (secondary N) is 1. The number of aliphatic hydroxyl groups excluding tert-OH is 5. The molecule has 13 heteroatoms. The van der Waals surface area contributed by atoms with E-state index in [1.54, 1.807) is 64.2 Å². The van der Waals surface area contributed by atoms with Crippen molar-refractivity contribution in [3.05, 3.63) is 71.6 Å². The molecule has 318 valence electrons. The van der Waals surface area contributed by atoms with Crippen LogP contribution in [0.2, 0.25) is 0 Å². The number of methoxy groups -OCH3 is 2. The Morgan fingerprint density at radius 1 is 1.11 bits per heavy atom. The average molecular weight is 791 g/mol. The Kier molecular flexibility index (Phi) is 23.7. The van der Waals surface area contributed by atoms with Gasteiger partial charge in [0.15, 0.2) is 6.61 Å². The van der Waals surface area contributed by atoms with Crippen LogP contribution in [0.1, 0.15) is 75.2 Å². The number of carbonyl (C=O) groups is 2. The van der Waals surface area contributed by atoms with Gasteiger partial charge >= 0.3 is 5.97 Å². The van der Waals surface area contributed by atoms with Crippen molar-refractivity contribution < 1.29 is 54.2 Å². The van der Waals surface area contributed by atoms with Gasteiger partial charge in [0.25, 0.3) is 5.91 Å². The molecule has 0 saturated heterocycles. The molecule has 0 spiro atoms. The number of hydrogen-bond acceptors (Lipinski definition) is 12. The molecule has 12 unspecified atom stereocenters. The zero-order valence-corrected chi connectivity index (χ0v) is 35.3. The maximum Gasteiger partial charge on any atom is 0.373 e. The van der Waals surface area contributed by atoms with Crippen LogP contribution in [-0.4, -0.2) is 114 Å². The quantitative estimate of drug-likeness (QED) is 0.0555. The summed E-state index contributed by atoms with van der Waals surface area (Å²) in [6.45, 7) is 15.9. The molecular weight excluding hydrogens is 720 g/mol. The van der Waals surface area contributed by atoms with Crippen molar-refractivity contribution in [2.45, 2.75) is 112 Å². The predicted octanol–water partition coefficient (Wildman–Crippen LogP) is 4.56. The molecule has 0 radical (unpaired) electrons. The number of carbonyl (C=O) groups excluding carboxylic acids is 2. The summed E-state index contributed by atoms with van der Waals surface area (Å²) in [6.07, 6.45) is 11.1. The van der Waals surface area contributed by atoms with E-state index in [0.717, 1.165) is 5.57 Å². The van der Waals surface area contributed by atoms with E-state index in [-0.39, 0.29) is 48.3 Å². The van der Waals surface area contributed by atoms with Crippen LogP contribution in [0.25, 0.3) is 0 Å². The van der Waals surface area contributed by atoms with E-state index in [0.29, 0.717) is 18.4 Å². The van der Waals surface area contributed by atoms with Gasteiger partial charge in [0.1, 0.15) is 12.2 Å². The maximum atomic E-state index is 13.8. The van der Waals surface area contributed by atoms with Gasteiger partial charge in [0.05, 0.1) is 43.8 Å². The fraction of sp³-hybridized carbons (Fsp3) is 0.651. The van der Waals surface area contributed by atoms with E-state index >= 15 is 0 Å². The molecule has 0 aromatic carbocycles. The molecule has 1 rings (SSSR count). The summed E-state index contributed by atoms with van der Waals surface area (Å²) in [6, 6.07) is 0. The number of hydrogen-bond donors (Lipinski definition) is 6. The largest absolute Gasteiger partial charge is 0.490 e. The number of cyclic esters (lactones) is 1. The van der Waals surface area contributed by atoms with E-state index in [1.807, 2.05) is 46.8 Å². The zero-order chi connectivity index (χ0) is 42.5. The van der Waals surface area contributed by atoms with Crippen molar-refractivity contribution in [3.8, 4) is 0 Å². The van der Waals surface area contributed by atoms with E-state index in [2.05, 4.69) is 10.5 Å². The Morgan fingerprint density at radius 3 is 2.38 bits per heavy atom. The van der Waals surface area contributed by atoms with Gasteiger partial charge in [-0.15, -0.1) is 0 Å². The topological polar surface area (TPSA) is 197 Å². The van der Waals surface area contributed by atoms with Crippen LogP contribution in [0, 0.1) is 35.5 Å². The number of rotatable bonds is 16.